The van der Waals surface area contributed by atoms with Crippen molar-refractivity contribution in [1.82, 2.24) is 0 Å². The smallest absolute Gasteiger partial charge is 0.330 e. The molecule has 0 amide bonds. The van der Waals surface area contributed by atoms with Crippen molar-refractivity contribution in [2.75, 3.05) is 18.6 Å². The van der Waals surface area contributed by atoms with Crippen LogP contribution in [0.1, 0.15) is 38.8 Å². The van der Waals surface area contributed by atoms with Crippen LogP contribution in [0.5, 0.6) is 5.75 Å². The molecule has 32 heavy (non-hydrogen) atoms. The van der Waals surface area contributed by atoms with Crippen LogP contribution in [0.15, 0.2) is 60.2 Å². The summed E-state index contributed by atoms with van der Waals surface area (Å²) in [5.41, 5.74) is 3.20. The van der Waals surface area contributed by atoms with Crippen LogP contribution in [-0.2, 0) is 32.0 Å². The number of benzene rings is 2. The predicted molar refractivity (Wildman–Crippen MR) is 124 cm³/mol. The molecule has 3 rings (SSSR count). The van der Waals surface area contributed by atoms with Crippen LogP contribution in [0.3, 0.4) is 0 Å². The Hall–Kier alpha value is -3.28. The average molecular weight is 438 g/mol. The third-order valence-corrected chi connectivity index (χ3v) is 5.06. The summed E-state index contributed by atoms with van der Waals surface area (Å²) in [6.45, 7) is 8.68. The Labute approximate surface area is 189 Å². The number of carbonyl (C=O) groups is 2. The first-order chi connectivity index (χ1) is 15.1. The molecule has 0 fully saturated rings. The number of methoxy groups -OCH3 is 1. The molecular weight excluding hydrogens is 406 g/mol. The van der Waals surface area contributed by atoms with E-state index in [0.717, 1.165) is 22.4 Å². The van der Waals surface area contributed by atoms with Crippen molar-refractivity contribution in [3.8, 4) is 5.75 Å². The second-order valence-electron chi connectivity index (χ2n) is 8.95. The van der Waals surface area contributed by atoms with E-state index in [9.17, 15) is 9.59 Å². The molecule has 0 N–H and O–H groups in total. The minimum Gasteiger partial charge on any atom is -0.482 e. The highest BCUT2D eigenvalue weighted by Crippen LogP contribution is 2.37. The largest absolute Gasteiger partial charge is 0.482 e. The van der Waals surface area contributed by atoms with Gasteiger partial charge in [-0.3, -0.25) is 4.79 Å². The number of rotatable bonds is 6. The topological polar surface area (TPSA) is 65.1 Å². The molecule has 6 nitrogen and oxygen atoms in total. The molecule has 1 aliphatic rings. The fraction of sp³-hybridized carbons (Fsp3) is 0.385. The van der Waals surface area contributed by atoms with Crippen molar-refractivity contribution < 1.29 is 23.8 Å². The van der Waals surface area contributed by atoms with E-state index in [2.05, 4.69) is 17.0 Å². The molecule has 0 saturated carbocycles. The lowest BCUT2D eigenvalue weighted by molar-refractivity contribution is -0.153. The van der Waals surface area contributed by atoms with Crippen LogP contribution < -0.4 is 9.64 Å². The molecule has 2 aromatic carbocycles. The van der Waals surface area contributed by atoms with Crippen molar-refractivity contribution in [1.29, 1.82) is 0 Å². The Morgan fingerprint density at radius 3 is 2.50 bits per heavy atom. The molecule has 0 aromatic heterocycles. The van der Waals surface area contributed by atoms with Gasteiger partial charge in [-0.2, -0.15) is 0 Å². The van der Waals surface area contributed by atoms with Gasteiger partial charge in [0.15, 0.2) is 0 Å². The van der Waals surface area contributed by atoms with Gasteiger partial charge in [0.25, 0.3) is 0 Å². The second kappa shape index (κ2) is 9.90. The van der Waals surface area contributed by atoms with E-state index >= 15 is 0 Å². The highest BCUT2D eigenvalue weighted by Gasteiger charge is 2.28. The summed E-state index contributed by atoms with van der Waals surface area (Å²) in [7, 11) is 1.36. The normalized spacial score (nSPS) is 16.1. The molecular formula is C26H31NO5. The number of esters is 2. The van der Waals surface area contributed by atoms with E-state index in [0.29, 0.717) is 18.8 Å². The summed E-state index contributed by atoms with van der Waals surface area (Å²) in [5.74, 6) is 0.0421. The Balaban J connectivity index is 1.89. The molecule has 0 saturated heterocycles. The zero-order valence-corrected chi connectivity index (χ0v) is 19.4. The van der Waals surface area contributed by atoms with Crippen molar-refractivity contribution in [2.45, 2.75) is 52.4 Å². The lowest BCUT2D eigenvalue weighted by Crippen LogP contribution is -2.40. The van der Waals surface area contributed by atoms with E-state index in [-0.39, 0.29) is 18.5 Å². The van der Waals surface area contributed by atoms with Gasteiger partial charge in [0.2, 0.25) is 0 Å². The molecule has 0 bridgehead atoms. The third kappa shape index (κ3) is 6.36. The Morgan fingerprint density at radius 2 is 1.84 bits per heavy atom. The Kier molecular flexibility index (Phi) is 7.23. The third-order valence-electron chi connectivity index (χ3n) is 5.06. The van der Waals surface area contributed by atoms with Gasteiger partial charge in [0.05, 0.1) is 25.8 Å². The molecule has 6 heteroatoms. The minimum absolute atomic E-state index is 0.189. The molecule has 0 aliphatic carbocycles. The number of nitrogens with zero attached hydrogens (tertiary/aromatic N) is 1. The maximum Gasteiger partial charge on any atom is 0.330 e. The summed E-state index contributed by atoms with van der Waals surface area (Å²) in [6.07, 6.45) is 1.36. The van der Waals surface area contributed by atoms with Gasteiger partial charge in [-0.15, -0.1) is 0 Å². The Bertz CT molecular complexity index is 991. The molecule has 1 heterocycles. The minimum atomic E-state index is -0.523. The van der Waals surface area contributed by atoms with E-state index < -0.39 is 11.6 Å². The molecule has 0 radical (unpaired) electrons. The first kappa shape index (κ1) is 23.4. The lowest BCUT2D eigenvalue weighted by atomic mass is 10.0. The predicted octanol–water partition coefficient (Wildman–Crippen LogP) is 4.46. The maximum absolute atomic E-state index is 12.3. The highest BCUT2D eigenvalue weighted by molar-refractivity contribution is 5.83. The molecule has 1 aliphatic heterocycles. The molecule has 170 valence electrons. The Morgan fingerprint density at radius 1 is 1.12 bits per heavy atom. The SMILES string of the molecule is COC(=O)/C=C(\C)[C@H]1CN(Cc2ccccc2)c2cc(CC(=O)OC(C)(C)C)ccc2O1. The quantitative estimate of drug-likeness (QED) is 0.491. The summed E-state index contributed by atoms with van der Waals surface area (Å²) in [4.78, 5) is 26.3. The fourth-order valence-corrected chi connectivity index (χ4v) is 3.58. The van der Waals surface area contributed by atoms with Crippen molar-refractivity contribution in [3.05, 3.63) is 71.3 Å². The summed E-state index contributed by atoms with van der Waals surface area (Å²) >= 11 is 0. The van der Waals surface area contributed by atoms with Crippen LogP contribution in [0, 0.1) is 0 Å². The number of fused-ring (bicyclic) bond motifs is 1. The molecule has 1 atom stereocenters. The van der Waals surface area contributed by atoms with Gasteiger partial charge < -0.3 is 19.1 Å². The summed E-state index contributed by atoms with van der Waals surface area (Å²) < 4.78 is 16.4. The maximum atomic E-state index is 12.3. The van der Waals surface area contributed by atoms with Crippen molar-refractivity contribution in [2.24, 2.45) is 0 Å². The van der Waals surface area contributed by atoms with Gasteiger partial charge in [0.1, 0.15) is 17.5 Å². The molecule has 0 spiro atoms. The average Bonchev–Trinajstić information content (AvgIpc) is 2.73. The summed E-state index contributed by atoms with van der Waals surface area (Å²) in [5, 5.41) is 0. The monoisotopic (exact) mass is 437 g/mol. The van der Waals surface area contributed by atoms with Crippen LogP contribution in [0.4, 0.5) is 5.69 Å². The van der Waals surface area contributed by atoms with Crippen LogP contribution >= 0.6 is 0 Å². The van der Waals surface area contributed by atoms with Crippen LogP contribution in [0.2, 0.25) is 0 Å². The molecule has 2 aromatic rings. The van der Waals surface area contributed by atoms with Crippen LogP contribution in [-0.4, -0.2) is 37.3 Å². The number of carbonyl (C=O) groups excluding carboxylic acids is 2. The van der Waals surface area contributed by atoms with Gasteiger partial charge in [-0.25, -0.2) is 4.79 Å². The van der Waals surface area contributed by atoms with Crippen molar-refractivity contribution >= 4 is 17.6 Å². The zero-order valence-electron chi connectivity index (χ0n) is 19.4. The van der Waals surface area contributed by atoms with E-state index in [4.69, 9.17) is 14.2 Å². The second-order valence-corrected chi connectivity index (χ2v) is 8.95. The highest BCUT2D eigenvalue weighted by atomic mass is 16.6. The number of hydrogen-bond acceptors (Lipinski definition) is 6. The number of anilines is 1. The molecule has 0 unspecified atom stereocenters. The first-order valence-corrected chi connectivity index (χ1v) is 10.7. The van der Waals surface area contributed by atoms with Gasteiger partial charge in [-0.1, -0.05) is 36.4 Å². The standard InChI is InChI=1S/C26H31NO5/c1-18(13-24(28)30-5)23-17-27(16-19-9-7-6-8-10-19)21-14-20(11-12-22(21)31-23)15-25(29)32-26(2,3)4/h6-14,23H,15-17H2,1-5H3/b18-13+/t23-/m1/s1. The van der Waals surface area contributed by atoms with Gasteiger partial charge in [-0.05, 0) is 56.5 Å². The number of hydrogen-bond donors (Lipinski definition) is 0. The van der Waals surface area contributed by atoms with Gasteiger partial charge >= 0.3 is 11.9 Å². The van der Waals surface area contributed by atoms with Gasteiger partial charge in [0, 0.05) is 12.6 Å². The number of ether oxygens (including phenoxy) is 3. The van der Waals surface area contributed by atoms with Crippen molar-refractivity contribution in [3.63, 3.8) is 0 Å². The fourth-order valence-electron chi connectivity index (χ4n) is 3.58. The first-order valence-electron chi connectivity index (χ1n) is 10.7. The zero-order chi connectivity index (χ0) is 23.3. The van der Waals surface area contributed by atoms with E-state index in [1.807, 2.05) is 64.1 Å². The van der Waals surface area contributed by atoms with E-state index in [1.165, 1.54) is 13.2 Å². The van der Waals surface area contributed by atoms with Crippen LogP contribution in [0.25, 0.3) is 0 Å². The van der Waals surface area contributed by atoms with E-state index in [1.54, 1.807) is 0 Å². The summed E-state index contributed by atoms with van der Waals surface area (Å²) in [6, 6.07) is 15.9. The lowest BCUT2D eigenvalue weighted by Gasteiger charge is -2.37.